The molecule has 3 heterocycles. The number of amides is 1. The van der Waals surface area contributed by atoms with Crippen molar-refractivity contribution in [2.75, 3.05) is 11.9 Å². The van der Waals surface area contributed by atoms with Crippen LogP contribution in [0.1, 0.15) is 34.3 Å². The number of nitrogens with zero attached hydrogens (tertiary/aromatic N) is 3. The molecule has 7 heteroatoms. The molecular formula is C16H16N4O2S. The Morgan fingerprint density at radius 1 is 1.39 bits per heavy atom. The first-order valence-electron chi connectivity index (χ1n) is 7.53. The van der Waals surface area contributed by atoms with Crippen LogP contribution in [0.5, 0.6) is 0 Å². The van der Waals surface area contributed by atoms with Crippen molar-refractivity contribution >= 4 is 33.3 Å². The highest BCUT2D eigenvalue weighted by Gasteiger charge is 2.23. The van der Waals surface area contributed by atoms with E-state index in [9.17, 15) is 4.79 Å². The average Bonchev–Trinajstić information content (AvgIpc) is 3.27. The number of rotatable bonds is 3. The van der Waals surface area contributed by atoms with Gasteiger partial charge in [-0.3, -0.25) is 10.1 Å². The monoisotopic (exact) mass is 328 g/mol. The van der Waals surface area contributed by atoms with E-state index in [2.05, 4.69) is 15.5 Å². The third-order valence-electron chi connectivity index (χ3n) is 4.01. The second kappa shape index (κ2) is 5.75. The molecule has 4 rings (SSSR count). The summed E-state index contributed by atoms with van der Waals surface area (Å²) in [6, 6.07) is 7.83. The van der Waals surface area contributed by atoms with Gasteiger partial charge in [0.25, 0.3) is 5.91 Å². The number of fused-ring (bicyclic) bond motifs is 1. The molecule has 1 fully saturated rings. The Bertz CT molecular complexity index is 864. The summed E-state index contributed by atoms with van der Waals surface area (Å²) in [7, 11) is 1.93. The third kappa shape index (κ3) is 2.62. The molecule has 1 amide bonds. The summed E-state index contributed by atoms with van der Waals surface area (Å²) in [6.07, 6.45) is 3.87. The molecule has 1 unspecified atom stereocenters. The Morgan fingerprint density at radius 3 is 3.09 bits per heavy atom. The van der Waals surface area contributed by atoms with Gasteiger partial charge < -0.3 is 9.30 Å². The quantitative estimate of drug-likeness (QED) is 0.802. The minimum absolute atomic E-state index is 0.0238. The van der Waals surface area contributed by atoms with Crippen molar-refractivity contribution in [1.82, 2.24) is 14.8 Å². The molecule has 6 nitrogen and oxygen atoms in total. The summed E-state index contributed by atoms with van der Waals surface area (Å²) in [5, 5.41) is 13.3. The summed E-state index contributed by atoms with van der Waals surface area (Å²) in [5.74, 6) is -0.170. The number of carbonyl (C=O) groups is 1. The van der Waals surface area contributed by atoms with Crippen molar-refractivity contribution in [3.05, 3.63) is 41.0 Å². The van der Waals surface area contributed by atoms with Crippen LogP contribution in [0.3, 0.4) is 0 Å². The largest absolute Gasteiger partial charge is 0.371 e. The number of hydrogen-bond acceptors (Lipinski definition) is 5. The molecule has 1 aliphatic heterocycles. The maximum atomic E-state index is 12.6. The minimum Gasteiger partial charge on any atom is -0.371 e. The average molecular weight is 328 g/mol. The van der Waals surface area contributed by atoms with Gasteiger partial charge in [0.15, 0.2) is 0 Å². The van der Waals surface area contributed by atoms with E-state index in [4.69, 9.17) is 4.74 Å². The molecule has 23 heavy (non-hydrogen) atoms. The number of para-hydroxylation sites is 1. The number of ether oxygens (including phenoxy) is 1. The van der Waals surface area contributed by atoms with Gasteiger partial charge in [-0.05, 0) is 18.9 Å². The first-order valence-corrected chi connectivity index (χ1v) is 8.34. The molecule has 1 N–H and O–H groups in total. The second-order valence-electron chi connectivity index (χ2n) is 5.57. The van der Waals surface area contributed by atoms with Crippen LogP contribution in [0, 0.1) is 0 Å². The van der Waals surface area contributed by atoms with Crippen LogP contribution >= 0.6 is 11.3 Å². The summed E-state index contributed by atoms with van der Waals surface area (Å²) >= 11 is 1.38. The summed E-state index contributed by atoms with van der Waals surface area (Å²) in [6.45, 7) is 0.766. The minimum atomic E-state index is -0.170. The first kappa shape index (κ1) is 14.3. The van der Waals surface area contributed by atoms with E-state index in [0.717, 1.165) is 35.4 Å². The van der Waals surface area contributed by atoms with Crippen molar-refractivity contribution in [2.24, 2.45) is 7.05 Å². The van der Waals surface area contributed by atoms with E-state index < -0.39 is 0 Å². The topological polar surface area (TPSA) is 69.0 Å². The van der Waals surface area contributed by atoms with Crippen LogP contribution in [-0.2, 0) is 11.8 Å². The number of benzene rings is 1. The number of anilines is 1. The summed E-state index contributed by atoms with van der Waals surface area (Å²) in [5.41, 5.74) is 1.66. The van der Waals surface area contributed by atoms with Crippen LogP contribution < -0.4 is 5.32 Å². The maximum Gasteiger partial charge on any atom is 0.259 e. The van der Waals surface area contributed by atoms with Gasteiger partial charge in [0, 0.05) is 30.8 Å². The number of nitrogens with one attached hydrogen (secondary N) is 1. The highest BCUT2D eigenvalue weighted by atomic mass is 32.1. The highest BCUT2D eigenvalue weighted by molar-refractivity contribution is 7.15. The summed E-state index contributed by atoms with van der Waals surface area (Å²) < 4.78 is 7.54. The van der Waals surface area contributed by atoms with Crippen molar-refractivity contribution in [1.29, 1.82) is 0 Å². The fourth-order valence-electron chi connectivity index (χ4n) is 2.87. The molecule has 0 saturated carbocycles. The zero-order valence-electron chi connectivity index (χ0n) is 12.7. The van der Waals surface area contributed by atoms with Gasteiger partial charge >= 0.3 is 0 Å². The molecule has 1 saturated heterocycles. The molecule has 1 atom stereocenters. The smallest absolute Gasteiger partial charge is 0.259 e. The lowest BCUT2D eigenvalue weighted by atomic mass is 10.1. The number of hydrogen-bond donors (Lipinski definition) is 1. The molecule has 1 aromatic carbocycles. The number of carbonyl (C=O) groups excluding carboxylic acids is 1. The molecule has 0 radical (unpaired) electrons. The lowest BCUT2D eigenvalue weighted by molar-refractivity contribution is 0.102. The summed E-state index contributed by atoms with van der Waals surface area (Å²) in [4.78, 5) is 12.6. The molecular weight excluding hydrogens is 312 g/mol. The Hall–Kier alpha value is -2.25. The van der Waals surface area contributed by atoms with Gasteiger partial charge in [0.05, 0.1) is 5.56 Å². The zero-order chi connectivity index (χ0) is 15.8. The van der Waals surface area contributed by atoms with Crippen LogP contribution in [0.4, 0.5) is 5.13 Å². The van der Waals surface area contributed by atoms with E-state index in [1.54, 1.807) is 0 Å². The SMILES string of the molecule is Cn1cc(C(=O)Nc2nnc(C3CCCO3)s2)c2ccccc21. The Balaban J connectivity index is 1.57. The standard InChI is InChI=1S/C16H16N4O2S/c1-20-9-11(10-5-2-3-6-12(10)20)14(21)17-16-19-18-15(23-16)13-7-4-8-22-13/h2-3,5-6,9,13H,4,7-8H2,1H3,(H,17,19,21). The van der Waals surface area contributed by atoms with Gasteiger partial charge in [0.1, 0.15) is 11.1 Å². The predicted molar refractivity (Wildman–Crippen MR) is 88.7 cm³/mol. The van der Waals surface area contributed by atoms with Crippen LogP contribution in [0.2, 0.25) is 0 Å². The van der Waals surface area contributed by atoms with Crippen molar-refractivity contribution < 1.29 is 9.53 Å². The maximum absolute atomic E-state index is 12.6. The molecule has 2 aromatic heterocycles. The Morgan fingerprint density at radius 2 is 2.26 bits per heavy atom. The highest BCUT2D eigenvalue weighted by Crippen LogP contribution is 2.32. The van der Waals surface area contributed by atoms with E-state index >= 15 is 0 Å². The Kier molecular flexibility index (Phi) is 3.59. The molecule has 0 bridgehead atoms. The van der Waals surface area contributed by atoms with Gasteiger partial charge in [-0.15, -0.1) is 10.2 Å². The second-order valence-corrected chi connectivity index (χ2v) is 6.58. The number of aromatic nitrogens is 3. The molecule has 3 aromatic rings. The fourth-order valence-corrected chi connectivity index (χ4v) is 3.70. The van der Waals surface area contributed by atoms with Gasteiger partial charge in [-0.25, -0.2) is 0 Å². The van der Waals surface area contributed by atoms with Crippen LogP contribution in [0.25, 0.3) is 10.9 Å². The zero-order valence-corrected chi connectivity index (χ0v) is 13.5. The van der Waals surface area contributed by atoms with Crippen molar-refractivity contribution in [2.45, 2.75) is 18.9 Å². The molecule has 0 aliphatic carbocycles. The van der Waals surface area contributed by atoms with E-state index in [-0.39, 0.29) is 12.0 Å². The normalized spacial score (nSPS) is 17.7. The fraction of sp³-hybridized carbons (Fsp3) is 0.312. The van der Waals surface area contributed by atoms with E-state index in [1.807, 2.05) is 42.1 Å². The lowest BCUT2D eigenvalue weighted by Gasteiger charge is -2.02. The Labute approximate surface area is 137 Å². The third-order valence-corrected chi connectivity index (χ3v) is 4.94. The van der Waals surface area contributed by atoms with E-state index in [0.29, 0.717) is 10.7 Å². The van der Waals surface area contributed by atoms with E-state index in [1.165, 1.54) is 11.3 Å². The van der Waals surface area contributed by atoms with Crippen LogP contribution in [0.15, 0.2) is 30.5 Å². The number of aryl methyl sites for hydroxylation is 1. The van der Waals surface area contributed by atoms with Crippen LogP contribution in [-0.4, -0.2) is 27.3 Å². The van der Waals surface area contributed by atoms with Crippen molar-refractivity contribution in [3.63, 3.8) is 0 Å². The first-order chi connectivity index (χ1) is 11.2. The van der Waals surface area contributed by atoms with Gasteiger partial charge in [0.2, 0.25) is 5.13 Å². The predicted octanol–water partition coefficient (Wildman–Crippen LogP) is 3.13. The van der Waals surface area contributed by atoms with Crippen molar-refractivity contribution in [3.8, 4) is 0 Å². The molecule has 0 spiro atoms. The lowest BCUT2D eigenvalue weighted by Crippen LogP contribution is -2.11. The van der Waals surface area contributed by atoms with Gasteiger partial charge in [-0.1, -0.05) is 29.5 Å². The van der Waals surface area contributed by atoms with Gasteiger partial charge in [-0.2, -0.15) is 0 Å². The molecule has 118 valence electrons. The molecule has 1 aliphatic rings.